The number of amides is 2. The molecule has 29 heavy (non-hydrogen) atoms. The standard InChI is InChI=1S/C23H31N3O2S/c1-13(2)26-19-9-14(3)16(10-17(19)15(4)12-23(26,5)6)11-18-20(27)24(7)22(29)25(8)21(18)28/h9-11,13,15H,12H2,1-8H3/t15-/m0/s1. The van der Waals surface area contributed by atoms with Crippen LogP contribution in [0.4, 0.5) is 5.69 Å². The first kappa shape index (κ1) is 21.5. The Morgan fingerprint density at radius 2 is 1.69 bits per heavy atom. The highest BCUT2D eigenvalue weighted by Gasteiger charge is 2.39. The molecule has 0 aliphatic carbocycles. The second-order valence-electron chi connectivity index (χ2n) is 9.22. The maximum Gasteiger partial charge on any atom is 0.265 e. The Kier molecular flexibility index (Phi) is 5.37. The number of carbonyl (C=O) groups excluding carboxylic acids is 2. The van der Waals surface area contributed by atoms with Crippen LogP contribution in [-0.4, -0.2) is 52.4 Å². The fraction of sp³-hybridized carbons (Fsp3) is 0.522. The molecule has 0 radical (unpaired) electrons. The third kappa shape index (κ3) is 3.48. The van der Waals surface area contributed by atoms with E-state index in [1.165, 1.54) is 21.1 Å². The maximum absolute atomic E-state index is 12.7. The van der Waals surface area contributed by atoms with Gasteiger partial charge >= 0.3 is 0 Å². The molecule has 3 rings (SSSR count). The summed E-state index contributed by atoms with van der Waals surface area (Å²) in [6.45, 7) is 13.3. The molecule has 0 saturated carbocycles. The highest BCUT2D eigenvalue weighted by atomic mass is 32.1. The van der Waals surface area contributed by atoms with Gasteiger partial charge in [0.1, 0.15) is 5.57 Å². The van der Waals surface area contributed by atoms with Crippen LogP contribution in [-0.2, 0) is 9.59 Å². The zero-order valence-electron chi connectivity index (χ0n) is 18.7. The van der Waals surface area contributed by atoms with Gasteiger partial charge in [0.05, 0.1) is 0 Å². The van der Waals surface area contributed by atoms with Gasteiger partial charge in [-0.25, -0.2) is 0 Å². The summed E-state index contributed by atoms with van der Waals surface area (Å²) in [5, 5.41) is 0.225. The van der Waals surface area contributed by atoms with E-state index in [2.05, 4.69) is 51.7 Å². The van der Waals surface area contributed by atoms with Gasteiger partial charge in [-0.05, 0) is 94.1 Å². The van der Waals surface area contributed by atoms with Crippen molar-refractivity contribution in [2.75, 3.05) is 19.0 Å². The molecule has 1 fully saturated rings. The monoisotopic (exact) mass is 413 g/mol. The number of nitrogens with zero attached hydrogens (tertiary/aromatic N) is 3. The number of hydrogen-bond acceptors (Lipinski definition) is 4. The molecular formula is C23H31N3O2S. The molecule has 0 N–H and O–H groups in total. The molecule has 1 saturated heterocycles. The summed E-state index contributed by atoms with van der Waals surface area (Å²) in [5.74, 6) is -0.315. The Balaban J connectivity index is 2.13. The first-order valence-electron chi connectivity index (χ1n) is 10.1. The Bertz CT molecular complexity index is 906. The summed E-state index contributed by atoms with van der Waals surface area (Å²) in [5.41, 5.74) is 4.69. The van der Waals surface area contributed by atoms with Crippen molar-refractivity contribution >= 4 is 40.9 Å². The van der Waals surface area contributed by atoms with Crippen molar-refractivity contribution < 1.29 is 9.59 Å². The predicted molar refractivity (Wildman–Crippen MR) is 122 cm³/mol. The second kappa shape index (κ2) is 7.24. The normalized spacial score (nSPS) is 21.8. The molecule has 2 heterocycles. The minimum absolute atomic E-state index is 0.0728. The number of aryl methyl sites for hydroxylation is 1. The van der Waals surface area contributed by atoms with Crippen LogP contribution >= 0.6 is 12.2 Å². The van der Waals surface area contributed by atoms with Crippen molar-refractivity contribution in [3.63, 3.8) is 0 Å². The van der Waals surface area contributed by atoms with E-state index in [9.17, 15) is 9.59 Å². The number of anilines is 1. The average Bonchev–Trinajstić information content (AvgIpc) is 2.61. The summed E-state index contributed by atoms with van der Waals surface area (Å²) < 4.78 is 0. The largest absolute Gasteiger partial charge is 0.364 e. The zero-order chi connectivity index (χ0) is 21.8. The summed E-state index contributed by atoms with van der Waals surface area (Å²) in [7, 11) is 3.21. The molecule has 2 aliphatic heterocycles. The molecule has 5 nitrogen and oxygen atoms in total. The number of thiocarbonyl (C=S) groups is 1. The van der Waals surface area contributed by atoms with E-state index in [0.29, 0.717) is 12.0 Å². The molecule has 1 aromatic carbocycles. The van der Waals surface area contributed by atoms with E-state index < -0.39 is 0 Å². The van der Waals surface area contributed by atoms with Crippen LogP contribution in [0, 0.1) is 6.92 Å². The molecule has 0 aromatic heterocycles. The van der Waals surface area contributed by atoms with Crippen LogP contribution in [0.1, 0.15) is 63.6 Å². The number of carbonyl (C=O) groups is 2. The quantitative estimate of drug-likeness (QED) is 0.416. The number of fused-ring (bicyclic) bond motifs is 1. The average molecular weight is 414 g/mol. The van der Waals surface area contributed by atoms with Gasteiger partial charge in [-0.3, -0.25) is 19.4 Å². The van der Waals surface area contributed by atoms with Crippen molar-refractivity contribution in [2.45, 2.75) is 65.5 Å². The number of benzene rings is 1. The van der Waals surface area contributed by atoms with E-state index in [4.69, 9.17) is 12.2 Å². The van der Waals surface area contributed by atoms with E-state index in [0.717, 1.165) is 17.5 Å². The Hall–Kier alpha value is -2.21. The lowest BCUT2D eigenvalue weighted by Crippen LogP contribution is -2.52. The number of likely N-dealkylation sites (N-methyl/N-ethyl adjacent to an activating group) is 2. The van der Waals surface area contributed by atoms with Crippen molar-refractivity contribution in [1.82, 2.24) is 9.80 Å². The highest BCUT2D eigenvalue weighted by Crippen LogP contribution is 2.45. The summed E-state index contributed by atoms with van der Waals surface area (Å²) in [6.07, 6.45) is 2.77. The highest BCUT2D eigenvalue weighted by molar-refractivity contribution is 7.80. The van der Waals surface area contributed by atoms with E-state index in [1.54, 1.807) is 20.2 Å². The van der Waals surface area contributed by atoms with E-state index in [-0.39, 0.29) is 28.0 Å². The molecule has 1 atom stereocenters. The predicted octanol–water partition coefficient (Wildman–Crippen LogP) is 4.09. The van der Waals surface area contributed by atoms with Gasteiger partial charge in [0.15, 0.2) is 5.11 Å². The van der Waals surface area contributed by atoms with Gasteiger partial charge in [-0.1, -0.05) is 6.92 Å². The van der Waals surface area contributed by atoms with Crippen molar-refractivity contribution in [3.8, 4) is 0 Å². The molecule has 0 spiro atoms. The van der Waals surface area contributed by atoms with Crippen LogP contribution in [0.5, 0.6) is 0 Å². The molecule has 2 amide bonds. The molecular weight excluding hydrogens is 382 g/mol. The minimum Gasteiger partial charge on any atom is -0.364 e. The van der Waals surface area contributed by atoms with Gasteiger partial charge in [0.2, 0.25) is 0 Å². The second-order valence-corrected chi connectivity index (χ2v) is 9.58. The third-order valence-electron chi connectivity index (χ3n) is 6.12. The third-order valence-corrected chi connectivity index (χ3v) is 6.67. The number of hydrogen-bond donors (Lipinski definition) is 0. The van der Waals surface area contributed by atoms with Gasteiger partial charge in [-0.2, -0.15) is 0 Å². The van der Waals surface area contributed by atoms with Crippen LogP contribution in [0.3, 0.4) is 0 Å². The zero-order valence-corrected chi connectivity index (χ0v) is 19.5. The number of rotatable bonds is 2. The topological polar surface area (TPSA) is 43.9 Å². The first-order valence-corrected chi connectivity index (χ1v) is 10.5. The van der Waals surface area contributed by atoms with Gasteiger partial charge in [0, 0.05) is 31.4 Å². The molecule has 0 unspecified atom stereocenters. The lowest BCUT2D eigenvalue weighted by molar-refractivity contribution is -0.132. The van der Waals surface area contributed by atoms with Crippen molar-refractivity contribution in [1.29, 1.82) is 0 Å². The van der Waals surface area contributed by atoms with Crippen LogP contribution in [0.15, 0.2) is 17.7 Å². The van der Waals surface area contributed by atoms with Gasteiger partial charge < -0.3 is 4.90 Å². The van der Waals surface area contributed by atoms with Gasteiger partial charge in [-0.15, -0.1) is 0 Å². The van der Waals surface area contributed by atoms with Gasteiger partial charge in [0.25, 0.3) is 11.8 Å². The fourth-order valence-electron chi connectivity index (χ4n) is 4.88. The SMILES string of the molecule is Cc1cc2c(cc1C=C1C(=O)N(C)C(=S)N(C)C1=O)[C@@H](C)CC(C)(C)N2C(C)C. The summed E-state index contributed by atoms with van der Waals surface area (Å²) in [4.78, 5) is 30.6. The summed E-state index contributed by atoms with van der Waals surface area (Å²) >= 11 is 5.18. The molecule has 156 valence electrons. The Morgan fingerprint density at radius 3 is 2.21 bits per heavy atom. The van der Waals surface area contributed by atoms with Crippen LogP contribution in [0.2, 0.25) is 0 Å². The smallest absolute Gasteiger partial charge is 0.265 e. The summed E-state index contributed by atoms with van der Waals surface area (Å²) in [6, 6.07) is 4.74. The van der Waals surface area contributed by atoms with Crippen LogP contribution in [0.25, 0.3) is 6.08 Å². The molecule has 6 heteroatoms. The molecule has 1 aromatic rings. The first-order chi connectivity index (χ1) is 13.4. The lowest BCUT2D eigenvalue weighted by Gasteiger charge is -2.50. The van der Waals surface area contributed by atoms with Crippen molar-refractivity contribution in [3.05, 3.63) is 34.4 Å². The van der Waals surface area contributed by atoms with E-state index >= 15 is 0 Å². The Morgan fingerprint density at radius 1 is 1.14 bits per heavy atom. The van der Waals surface area contributed by atoms with Crippen LogP contribution < -0.4 is 4.90 Å². The fourth-order valence-corrected chi connectivity index (χ4v) is 5.04. The Labute approximate surface area is 179 Å². The molecule has 0 bridgehead atoms. The maximum atomic E-state index is 12.7. The molecule has 2 aliphatic rings. The minimum atomic E-state index is -0.354. The van der Waals surface area contributed by atoms with Crippen molar-refractivity contribution in [2.24, 2.45) is 0 Å². The van der Waals surface area contributed by atoms with E-state index in [1.807, 2.05) is 6.92 Å². The lowest BCUT2D eigenvalue weighted by atomic mass is 9.78.